The minimum absolute atomic E-state index is 0.133. The molecule has 164 valence electrons. The van der Waals surface area contributed by atoms with Crippen LogP contribution in [0.2, 0.25) is 0 Å². The number of nitrogens with one attached hydrogen (secondary N) is 1. The van der Waals surface area contributed by atoms with Crippen LogP contribution in [0, 0.1) is 6.92 Å². The maximum absolute atomic E-state index is 12.8. The van der Waals surface area contributed by atoms with E-state index in [2.05, 4.69) is 14.7 Å². The van der Waals surface area contributed by atoms with E-state index in [1.807, 2.05) is 66.9 Å². The average Bonchev–Trinajstić information content (AvgIpc) is 3.50. The Bertz CT molecular complexity index is 1490. The van der Waals surface area contributed by atoms with E-state index in [0.29, 0.717) is 22.3 Å². The Morgan fingerprint density at radius 1 is 0.848 bits per heavy atom. The van der Waals surface area contributed by atoms with Crippen molar-refractivity contribution in [1.29, 1.82) is 0 Å². The first kappa shape index (κ1) is 21.1. The van der Waals surface area contributed by atoms with Crippen LogP contribution in [0.25, 0.3) is 34.0 Å². The largest absolute Gasteiger partial charge is 0.436 e. The Balaban J connectivity index is 1.33. The molecule has 0 saturated heterocycles. The Morgan fingerprint density at radius 2 is 1.55 bits per heavy atom. The van der Waals surface area contributed by atoms with E-state index in [-0.39, 0.29) is 4.90 Å². The van der Waals surface area contributed by atoms with Crippen molar-refractivity contribution in [3.05, 3.63) is 96.0 Å². The average molecular weight is 474 g/mol. The predicted octanol–water partition coefficient (Wildman–Crippen LogP) is 6.24. The first-order valence-electron chi connectivity index (χ1n) is 10.1. The number of benzene rings is 3. The second kappa shape index (κ2) is 8.65. The van der Waals surface area contributed by atoms with Gasteiger partial charge >= 0.3 is 0 Å². The highest BCUT2D eigenvalue weighted by Gasteiger charge is 2.17. The van der Waals surface area contributed by atoms with Gasteiger partial charge < -0.3 is 4.42 Å². The summed E-state index contributed by atoms with van der Waals surface area (Å²) in [4.78, 5) is 8.87. The molecule has 0 amide bonds. The molecule has 1 N–H and O–H groups in total. The highest BCUT2D eigenvalue weighted by Crippen LogP contribution is 2.29. The van der Waals surface area contributed by atoms with Crippen molar-refractivity contribution in [2.24, 2.45) is 0 Å². The van der Waals surface area contributed by atoms with Gasteiger partial charge in [-0.25, -0.2) is 18.4 Å². The maximum atomic E-state index is 12.8. The van der Waals surface area contributed by atoms with E-state index >= 15 is 0 Å². The number of sulfonamides is 1. The fourth-order valence-electron chi connectivity index (χ4n) is 3.27. The first-order chi connectivity index (χ1) is 16.0. The van der Waals surface area contributed by atoms with Crippen molar-refractivity contribution in [1.82, 2.24) is 9.97 Å². The molecule has 8 heteroatoms. The summed E-state index contributed by atoms with van der Waals surface area (Å²) in [5.41, 5.74) is 4.43. The Morgan fingerprint density at radius 3 is 2.27 bits per heavy atom. The summed E-state index contributed by atoms with van der Waals surface area (Å²) < 4.78 is 34.1. The van der Waals surface area contributed by atoms with Gasteiger partial charge in [0.15, 0.2) is 10.9 Å². The molecule has 2 heterocycles. The van der Waals surface area contributed by atoms with Crippen molar-refractivity contribution in [2.75, 3.05) is 4.72 Å². The molecule has 5 rings (SSSR count). The molecule has 0 saturated carbocycles. The van der Waals surface area contributed by atoms with Crippen LogP contribution in [-0.2, 0) is 10.0 Å². The molecule has 0 aliphatic heterocycles. The summed E-state index contributed by atoms with van der Waals surface area (Å²) in [5.74, 6) is 1.07. The van der Waals surface area contributed by atoms with Gasteiger partial charge in [-0.15, -0.1) is 11.3 Å². The number of aryl methyl sites for hydroxylation is 1. The quantitative estimate of drug-likeness (QED) is 0.315. The molecule has 6 nitrogen and oxygen atoms in total. The highest BCUT2D eigenvalue weighted by molar-refractivity contribution is 7.93. The summed E-state index contributed by atoms with van der Waals surface area (Å²) >= 11 is 1.24. The molecular weight excluding hydrogens is 454 g/mol. The number of hydrogen-bond donors (Lipinski definition) is 1. The number of thiazole rings is 1. The fourth-order valence-corrected chi connectivity index (χ4v) is 5.24. The minimum Gasteiger partial charge on any atom is -0.436 e. The van der Waals surface area contributed by atoms with Gasteiger partial charge in [0.25, 0.3) is 10.0 Å². The monoisotopic (exact) mass is 473 g/mol. The molecular formula is C25H19N3O3S2. The molecule has 0 fully saturated rings. The van der Waals surface area contributed by atoms with Crippen molar-refractivity contribution < 1.29 is 12.8 Å². The predicted molar refractivity (Wildman–Crippen MR) is 130 cm³/mol. The molecule has 5 aromatic rings. The van der Waals surface area contributed by atoms with E-state index in [9.17, 15) is 8.42 Å². The van der Waals surface area contributed by atoms with Crippen LogP contribution in [0.1, 0.15) is 5.56 Å². The number of aromatic nitrogens is 2. The minimum atomic E-state index is -3.78. The van der Waals surface area contributed by atoms with Gasteiger partial charge in [0, 0.05) is 22.1 Å². The SMILES string of the molecule is Cc1ccc(-c2csc(NS(=O)(=O)c3ccc(-c4ncc(-c5ccccc5)o4)cc3)n2)cc1. The van der Waals surface area contributed by atoms with Gasteiger partial charge in [-0.1, -0.05) is 60.2 Å². The number of nitrogens with zero attached hydrogens (tertiary/aromatic N) is 2. The van der Waals surface area contributed by atoms with Gasteiger partial charge in [0.05, 0.1) is 16.8 Å². The van der Waals surface area contributed by atoms with Crippen molar-refractivity contribution in [3.8, 4) is 34.0 Å². The molecule has 0 atom stereocenters. The molecule has 0 spiro atoms. The molecule has 0 radical (unpaired) electrons. The maximum Gasteiger partial charge on any atom is 0.263 e. The Labute approximate surface area is 195 Å². The van der Waals surface area contributed by atoms with Crippen LogP contribution >= 0.6 is 11.3 Å². The molecule has 33 heavy (non-hydrogen) atoms. The zero-order valence-corrected chi connectivity index (χ0v) is 19.2. The molecule has 0 bridgehead atoms. The molecule has 2 aromatic heterocycles. The van der Waals surface area contributed by atoms with Gasteiger partial charge in [-0.3, -0.25) is 4.72 Å². The van der Waals surface area contributed by atoms with Crippen LogP contribution < -0.4 is 4.72 Å². The van der Waals surface area contributed by atoms with Gasteiger partial charge in [0.1, 0.15) is 0 Å². The van der Waals surface area contributed by atoms with E-state index in [4.69, 9.17) is 4.42 Å². The first-order valence-corrected chi connectivity index (χ1v) is 12.5. The molecule has 0 aliphatic rings. The number of rotatable bonds is 6. The van der Waals surface area contributed by atoms with Crippen LogP contribution in [0.5, 0.6) is 0 Å². The molecule has 0 unspecified atom stereocenters. The van der Waals surface area contributed by atoms with E-state index < -0.39 is 10.0 Å². The lowest BCUT2D eigenvalue weighted by Gasteiger charge is -2.05. The standard InChI is InChI=1S/C25H19N3O3S2/c1-17-7-9-18(10-8-17)22-16-32-25(27-22)28-33(29,30)21-13-11-20(12-14-21)24-26-15-23(31-24)19-5-3-2-4-6-19/h2-16H,1H3,(H,27,28). The third kappa shape index (κ3) is 4.57. The Kier molecular flexibility index (Phi) is 5.53. The van der Waals surface area contributed by atoms with E-state index in [1.165, 1.54) is 23.5 Å². The Hall–Kier alpha value is -3.75. The topological polar surface area (TPSA) is 85.1 Å². The smallest absolute Gasteiger partial charge is 0.263 e. The van der Waals surface area contributed by atoms with Crippen molar-refractivity contribution in [2.45, 2.75) is 11.8 Å². The number of anilines is 1. The highest BCUT2D eigenvalue weighted by atomic mass is 32.2. The van der Waals surface area contributed by atoms with Crippen LogP contribution in [0.15, 0.2) is 99.8 Å². The lowest BCUT2D eigenvalue weighted by Crippen LogP contribution is -2.12. The molecule has 0 aliphatic carbocycles. The second-order valence-corrected chi connectivity index (χ2v) is 9.97. The van der Waals surface area contributed by atoms with Gasteiger partial charge in [-0.05, 0) is 31.2 Å². The van der Waals surface area contributed by atoms with Gasteiger partial charge in [-0.2, -0.15) is 0 Å². The van der Waals surface area contributed by atoms with Crippen molar-refractivity contribution >= 4 is 26.5 Å². The fraction of sp³-hybridized carbons (Fsp3) is 0.0400. The van der Waals surface area contributed by atoms with Gasteiger partial charge in [0.2, 0.25) is 5.89 Å². The van der Waals surface area contributed by atoms with Crippen molar-refractivity contribution in [3.63, 3.8) is 0 Å². The van der Waals surface area contributed by atoms with E-state index in [1.54, 1.807) is 18.3 Å². The van der Waals surface area contributed by atoms with Crippen LogP contribution in [0.4, 0.5) is 5.13 Å². The summed E-state index contributed by atoms with van der Waals surface area (Å²) in [6.07, 6.45) is 1.66. The summed E-state index contributed by atoms with van der Waals surface area (Å²) in [6, 6.07) is 24.0. The number of hydrogen-bond acceptors (Lipinski definition) is 6. The zero-order chi connectivity index (χ0) is 22.8. The zero-order valence-electron chi connectivity index (χ0n) is 17.6. The van der Waals surface area contributed by atoms with Crippen LogP contribution in [-0.4, -0.2) is 18.4 Å². The summed E-state index contributed by atoms with van der Waals surface area (Å²) in [6.45, 7) is 2.01. The van der Waals surface area contributed by atoms with E-state index in [0.717, 1.165) is 22.4 Å². The van der Waals surface area contributed by atoms with Crippen LogP contribution in [0.3, 0.4) is 0 Å². The summed E-state index contributed by atoms with van der Waals surface area (Å²) in [7, 11) is -3.78. The summed E-state index contributed by atoms with van der Waals surface area (Å²) in [5, 5.41) is 2.15. The third-order valence-electron chi connectivity index (χ3n) is 5.05. The lowest BCUT2D eigenvalue weighted by molar-refractivity contribution is 0.588. The third-order valence-corrected chi connectivity index (χ3v) is 7.29. The lowest BCUT2D eigenvalue weighted by atomic mass is 10.1. The molecule has 3 aromatic carbocycles. The number of oxazole rings is 1. The normalized spacial score (nSPS) is 11.4. The second-order valence-electron chi connectivity index (χ2n) is 7.43.